The van der Waals surface area contributed by atoms with E-state index in [1.165, 1.54) is 16.7 Å². The Balaban J connectivity index is 2.68. The monoisotopic (exact) mass is 280 g/mol. The first-order valence-electron chi connectivity index (χ1n) is 7.37. The Hall–Kier alpha value is -2.22. The van der Waals surface area contributed by atoms with E-state index >= 15 is 0 Å². The number of rotatable bonds is 4. The third kappa shape index (κ3) is 3.10. The Morgan fingerprint density at radius 1 is 0.952 bits per heavy atom. The summed E-state index contributed by atoms with van der Waals surface area (Å²) in [5.74, 6) is 0. The minimum Gasteiger partial charge on any atom is -0.397 e. The molecule has 0 saturated heterocycles. The predicted molar refractivity (Wildman–Crippen MR) is 91.7 cm³/mol. The van der Waals surface area contributed by atoms with E-state index in [0.717, 1.165) is 23.4 Å². The van der Waals surface area contributed by atoms with Gasteiger partial charge in [-0.15, -0.1) is 0 Å². The Morgan fingerprint density at radius 3 is 2.10 bits per heavy atom. The van der Waals surface area contributed by atoms with E-state index in [4.69, 9.17) is 5.73 Å². The fourth-order valence-corrected chi connectivity index (χ4v) is 2.69. The van der Waals surface area contributed by atoms with Crippen LogP contribution >= 0.6 is 0 Å². The lowest BCUT2D eigenvalue weighted by Gasteiger charge is -2.23. The highest BCUT2D eigenvalue weighted by Gasteiger charge is 2.14. The SMILES string of the molecule is CCc1ccccc1/C(=C(/N)c1ccccc1C)N(C)C. The second-order valence-corrected chi connectivity index (χ2v) is 5.48. The highest BCUT2D eigenvalue weighted by molar-refractivity contribution is 5.89. The van der Waals surface area contributed by atoms with Crippen LogP contribution in [-0.4, -0.2) is 19.0 Å². The van der Waals surface area contributed by atoms with Gasteiger partial charge in [0.15, 0.2) is 0 Å². The molecule has 0 amide bonds. The molecule has 0 radical (unpaired) electrons. The number of nitrogens with zero attached hydrogens (tertiary/aromatic N) is 1. The normalized spacial score (nSPS) is 12.0. The zero-order valence-electron chi connectivity index (χ0n) is 13.4. The molecule has 21 heavy (non-hydrogen) atoms. The van der Waals surface area contributed by atoms with Crippen LogP contribution in [0.4, 0.5) is 0 Å². The van der Waals surface area contributed by atoms with Crippen LogP contribution in [0.25, 0.3) is 11.4 Å². The molecule has 0 spiro atoms. The zero-order valence-corrected chi connectivity index (χ0v) is 13.4. The number of benzene rings is 2. The number of aryl methyl sites for hydroxylation is 2. The highest BCUT2D eigenvalue weighted by atomic mass is 15.1. The molecule has 0 unspecified atom stereocenters. The van der Waals surface area contributed by atoms with Gasteiger partial charge in [-0.05, 0) is 24.5 Å². The highest BCUT2D eigenvalue weighted by Crippen LogP contribution is 2.28. The van der Waals surface area contributed by atoms with Crippen LogP contribution < -0.4 is 5.73 Å². The molecule has 0 aliphatic rings. The van der Waals surface area contributed by atoms with Gasteiger partial charge in [-0.3, -0.25) is 0 Å². The molecule has 110 valence electrons. The smallest absolute Gasteiger partial charge is 0.0677 e. The van der Waals surface area contributed by atoms with Gasteiger partial charge in [-0.1, -0.05) is 55.5 Å². The minimum absolute atomic E-state index is 0.832. The van der Waals surface area contributed by atoms with E-state index in [1.807, 2.05) is 26.2 Å². The van der Waals surface area contributed by atoms with E-state index in [1.54, 1.807) is 0 Å². The zero-order chi connectivity index (χ0) is 15.4. The van der Waals surface area contributed by atoms with Gasteiger partial charge in [-0.25, -0.2) is 0 Å². The van der Waals surface area contributed by atoms with Crippen molar-refractivity contribution in [3.63, 3.8) is 0 Å². The van der Waals surface area contributed by atoms with E-state index in [-0.39, 0.29) is 0 Å². The maximum absolute atomic E-state index is 6.53. The molecule has 0 heterocycles. The number of nitrogens with two attached hydrogens (primary N) is 1. The summed E-state index contributed by atoms with van der Waals surface area (Å²) in [5.41, 5.74) is 13.3. The molecule has 0 aromatic heterocycles. The predicted octanol–water partition coefficient (Wildman–Crippen LogP) is 3.90. The maximum atomic E-state index is 6.53. The van der Waals surface area contributed by atoms with Crippen molar-refractivity contribution < 1.29 is 0 Å². The summed E-state index contributed by atoms with van der Waals surface area (Å²) in [5, 5.41) is 0. The van der Waals surface area contributed by atoms with Gasteiger partial charge in [0.25, 0.3) is 0 Å². The Kier molecular flexibility index (Phi) is 4.69. The molecular formula is C19H24N2. The van der Waals surface area contributed by atoms with Crippen molar-refractivity contribution in [3.05, 3.63) is 70.8 Å². The summed E-state index contributed by atoms with van der Waals surface area (Å²) in [7, 11) is 4.10. The van der Waals surface area contributed by atoms with Gasteiger partial charge < -0.3 is 10.6 Å². The van der Waals surface area contributed by atoms with Gasteiger partial charge in [0.1, 0.15) is 0 Å². The van der Waals surface area contributed by atoms with E-state index in [9.17, 15) is 0 Å². The summed E-state index contributed by atoms with van der Waals surface area (Å²) in [6, 6.07) is 16.7. The molecule has 2 N–H and O–H groups in total. The molecule has 0 bridgehead atoms. The second-order valence-electron chi connectivity index (χ2n) is 5.48. The van der Waals surface area contributed by atoms with Crippen LogP contribution in [0.1, 0.15) is 29.2 Å². The van der Waals surface area contributed by atoms with Crippen molar-refractivity contribution in [1.82, 2.24) is 4.90 Å². The van der Waals surface area contributed by atoms with Gasteiger partial charge >= 0.3 is 0 Å². The van der Waals surface area contributed by atoms with Crippen molar-refractivity contribution in [3.8, 4) is 0 Å². The topological polar surface area (TPSA) is 29.3 Å². The molecular weight excluding hydrogens is 256 g/mol. The molecule has 0 saturated carbocycles. The van der Waals surface area contributed by atoms with Crippen molar-refractivity contribution in [2.45, 2.75) is 20.3 Å². The van der Waals surface area contributed by atoms with Crippen molar-refractivity contribution in [1.29, 1.82) is 0 Å². The van der Waals surface area contributed by atoms with Crippen LogP contribution in [-0.2, 0) is 6.42 Å². The first-order chi connectivity index (χ1) is 10.1. The summed E-state index contributed by atoms with van der Waals surface area (Å²) < 4.78 is 0. The lowest BCUT2D eigenvalue weighted by molar-refractivity contribution is 0.591. The van der Waals surface area contributed by atoms with Crippen LogP contribution in [0.15, 0.2) is 48.5 Å². The molecule has 0 aliphatic heterocycles. The first-order valence-corrected chi connectivity index (χ1v) is 7.37. The lowest BCUT2D eigenvalue weighted by atomic mass is 9.97. The maximum Gasteiger partial charge on any atom is 0.0677 e. The lowest BCUT2D eigenvalue weighted by Crippen LogP contribution is -2.17. The summed E-state index contributed by atoms with van der Waals surface area (Å²) in [6.07, 6.45) is 0.995. The Bertz CT molecular complexity index is 654. The molecule has 0 fully saturated rings. The van der Waals surface area contributed by atoms with Gasteiger partial charge in [-0.2, -0.15) is 0 Å². The largest absolute Gasteiger partial charge is 0.397 e. The third-order valence-electron chi connectivity index (χ3n) is 3.79. The van der Waals surface area contributed by atoms with Gasteiger partial charge in [0.05, 0.1) is 11.4 Å². The molecule has 2 aromatic rings. The first kappa shape index (κ1) is 15.2. The summed E-state index contributed by atoms with van der Waals surface area (Å²) in [6.45, 7) is 4.28. The molecule has 2 aromatic carbocycles. The van der Waals surface area contributed by atoms with Crippen molar-refractivity contribution >= 4 is 11.4 Å². The molecule has 0 aliphatic carbocycles. The number of hydrogen-bond acceptors (Lipinski definition) is 2. The van der Waals surface area contributed by atoms with E-state index < -0.39 is 0 Å². The van der Waals surface area contributed by atoms with Crippen molar-refractivity contribution in [2.75, 3.05) is 14.1 Å². The van der Waals surface area contributed by atoms with Crippen LogP contribution in [0, 0.1) is 6.92 Å². The summed E-state index contributed by atoms with van der Waals surface area (Å²) >= 11 is 0. The molecule has 2 heteroatoms. The average Bonchev–Trinajstić information content (AvgIpc) is 2.48. The van der Waals surface area contributed by atoms with Crippen LogP contribution in [0.3, 0.4) is 0 Å². The fourth-order valence-electron chi connectivity index (χ4n) is 2.69. The standard InChI is InChI=1S/C19H24N2/c1-5-15-11-7-9-13-17(15)19(21(3)4)18(20)16-12-8-6-10-14(16)2/h6-13H,5,20H2,1-4H3/b19-18-. The molecule has 0 atom stereocenters. The second kappa shape index (κ2) is 6.49. The van der Waals surface area contributed by atoms with Crippen LogP contribution in [0.2, 0.25) is 0 Å². The van der Waals surface area contributed by atoms with Crippen molar-refractivity contribution in [2.24, 2.45) is 5.73 Å². The molecule has 2 nitrogen and oxygen atoms in total. The molecule has 2 rings (SSSR count). The van der Waals surface area contributed by atoms with Gasteiger partial charge in [0.2, 0.25) is 0 Å². The third-order valence-corrected chi connectivity index (χ3v) is 3.79. The van der Waals surface area contributed by atoms with Gasteiger partial charge in [0, 0.05) is 25.2 Å². The van der Waals surface area contributed by atoms with E-state index in [0.29, 0.717) is 0 Å². The Morgan fingerprint density at radius 2 is 1.52 bits per heavy atom. The quantitative estimate of drug-likeness (QED) is 0.861. The minimum atomic E-state index is 0.832. The van der Waals surface area contributed by atoms with E-state index in [2.05, 4.69) is 55.1 Å². The average molecular weight is 280 g/mol. The van der Waals surface area contributed by atoms with Crippen LogP contribution in [0.5, 0.6) is 0 Å². The Labute approximate surface area is 127 Å². The number of hydrogen-bond donors (Lipinski definition) is 1. The summed E-state index contributed by atoms with van der Waals surface area (Å²) in [4.78, 5) is 2.11. The fraction of sp³-hybridized carbons (Fsp3) is 0.263.